The highest BCUT2D eigenvalue weighted by Crippen LogP contribution is 2.59. The van der Waals surface area contributed by atoms with Gasteiger partial charge in [0, 0.05) is 6.42 Å². The first kappa shape index (κ1) is 36.1. The molecule has 0 aliphatic heterocycles. The zero-order chi connectivity index (χ0) is 32.9. The van der Waals surface area contributed by atoms with Gasteiger partial charge in [0.05, 0.1) is 18.3 Å². The molecular weight excluding hydrogens is 573 g/mol. The van der Waals surface area contributed by atoms with Crippen LogP contribution in [0.5, 0.6) is 0 Å². The van der Waals surface area contributed by atoms with E-state index in [1.165, 1.54) is 56.1 Å². The van der Waals surface area contributed by atoms with E-state index in [2.05, 4.69) is 112 Å². The first-order chi connectivity index (χ1) is 20.2. The molecule has 0 spiro atoms. The van der Waals surface area contributed by atoms with Gasteiger partial charge in [0.1, 0.15) is 0 Å². The largest absolute Gasteiger partial charge is 0.413 e. The summed E-state index contributed by atoms with van der Waals surface area (Å²) in [5, 5.41) is 10.8. The lowest BCUT2D eigenvalue weighted by Crippen LogP contribution is -2.49. The standard InChI is InChI=1S/C39H68O3Si2/c1-27(16-23-35(40)30-18-19-30)33-21-22-34-29(15-14-24-39(33,34)9)17-20-31-25-32(41-43(10,11)37(3,4)5)26-36(28(31)2)42-44(12,13)38(6,7)8/h16-17,20,23,27,30,32-36,40H,2,14-15,18-19,21-22,24-26H2,1,3-13H3/b23-16-,29-17+,31-20+/t27-,32-,33-,34-,35+,36+,39-/m1/s1. The van der Waals surface area contributed by atoms with Gasteiger partial charge in [0.15, 0.2) is 16.6 Å². The lowest BCUT2D eigenvalue weighted by Gasteiger charge is -2.45. The second kappa shape index (κ2) is 13.1. The first-order valence-electron chi connectivity index (χ1n) is 18.0. The Morgan fingerprint density at radius 3 is 2.11 bits per heavy atom. The Bertz CT molecular complexity index is 1130. The lowest BCUT2D eigenvalue weighted by atomic mass is 9.61. The average molecular weight is 641 g/mol. The second-order valence-electron chi connectivity index (χ2n) is 18.4. The highest BCUT2D eigenvalue weighted by molar-refractivity contribution is 6.74. The number of allylic oxidation sites excluding steroid dienone is 4. The molecule has 5 heteroatoms. The molecule has 0 radical (unpaired) electrons. The van der Waals surface area contributed by atoms with Crippen LogP contribution in [-0.2, 0) is 8.85 Å². The molecule has 0 aromatic rings. The van der Waals surface area contributed by atoms with Gasteiger partial charge >= 0.3 is 0 Å². The molecule has 4 saturated carbocycles. The van der Waals surface area contributed by atoms with E-state index >= 15 is 0 Å². The fourth-order valence-corrected chi connectivity index (χ4v) is 10.6. The molecule has 0 aromatic carbocycles. The Labute approximate surface area is 274 Å². The minimum Gasteiger partial charge on any atom is -0.413 e. The molecule has 4 fully saturated rings. The third kappa shape index (κ3) is 7.86. The molecule has 0 saturated heterocycles. The summed E-state index contributed by atoms with van der Waals surface area (Å²) in [6.45, 7) is 33.2. The van der Waals surface area contributed by atoms with Gasteiger partial charge in [-0.2, -0.15) is 0 Å². The summed E-state index contributed by atoms with van der Waals surface area (Å²) in [7, 11) is -3.90. The summed E-state index contributed by atoms with van der Waals surface area (Å²) in [6, 6.07) is 0. The molecule has 4 aliphatic carbocycles. The molecule has 0 amide bonds. The molecule has 44 heavy (non-hydrogen) atoms. The number of rotatable bonds is 9. The quantitative estimate of drug-likeness (QED) is 0.201. The fourth-order valence-electron chi connectivity index (χ4n) is 7.93. The van der Waals surface area contributed by atoms with Gasteiger partial charge in [-0.25, -0.2) is 0 Å². The summed E-state index contributed by atoms with van der Waals surface area (Å²) < 4.78 is 14.2. The van der Waals surface area contributed by atoms with E-state index in [1.807, 2.05) is 0 Å². The summed E-state index contributed by atoms with van der Waals surface area (Å²) >= 11 is 0. The van der Waals surface area contributed by atoms with Crippen LogP contribution in [0.3, 0.4) is 0 Å². The molecule has 4 aliphatic rings. The predicted octanol–water partition coefficient (Wildman–Crippen LogP) is 11.1. The van der Waals surface area contributed by atoms with Gasteiger partial charge in [0.2, 0.25) is 0 Å². The average Bonchev–Trinajstić information content (AvgIpc) is 3.68. The van der Waals surface area contributed by atoms with Crippen molar-refractivity contribution in [3.63, 3.8) is 0 Å². The first-order valence-corrected chi connectivity index (χ1v) is 23.8. The van der Waals surface area contributed by atoms with Crippen LogP contribution in [0.2, 0.25) is 36.3 Å². The highest BCUT2D eigenvalue weighted by atomic mass is 28.4. The summed E-state index contributed by atoms with van der Waals surface area (Å²) in [5.41, 5.74) is 4.49. The zero-order valence-electron chi connectivity index (χ0n) is 30.7. The zero-order valence-corrected chi connectivity index (χ0v) is 32.7. The summed E-state index contributed by atoms with van der Waals surface area (Å²) in [4.78, 5) is 0. The van der Waals surface area contributed by atoms with Crippen molar-refractivity contribution in [2.45, 2.75) is 168 Å². The van der Waals surface area contributed by atoms with Crippen LogP contribution in [0.15, 0.2) is 47.6 Å². The normalized spacial score (nSPS) is 34.2. The van der Waals surface area contributed by atoms with E-state index in [9.17, 15) is 5.11 Å². The van der Waals surface area contributed by atoms with E-state index in [0.717, 1.165) is 12.8 Å². The molecule has 0 aromatic heterocycles. The Morgan fingerprint density at radius 2 is 1.52 bits per heavy atom. The molecule has 1 N–H and O–H groups in total. The molecule has 0 unspecified atom stereocenters. The predicted molar refractivity (Wildman–Crippen MR) is 194 cm³/mol. The van der Waals surface area contributed by atoms with Crippen molar-refractivity contribution in [1.29, 1.82) is 0 Å². The van der Waals surface area contributed by atoms with E-state index in [0.29, 0.717) is 29.1 Å². The maximum Gasteiger partial charge on any atom is 0.192 e. The van der Waals surface area contributed by atoms with Gasteiger partial charge in [0.25, 0.3) is 0 Å². The molecule has 7 atom stereocenters. The third-order valence-electron chi connectivity index (χ3n) is 13.1. The third-order valence-corrected chi connectivity index (χ3v) is 22.1. The molecule has 3 nitrogen and oxygen atoms in total. The summed E-state index contributed by atoms with van der Waals surface area (Å²) in [5.74, 6) is 2.35. The second-order valence-corrected chi connectivity index (χ2v) is 27.9. The Morgan fingerprint density at radius 1 is 0.909 bits per heavy atom. The maximum absolute atomic E-state index is 10.5. The molecule has 4 rings (SSSR count). The van der Waals surface area contributed by atoms with Crippen LogP contribution in [-0.4, -0.2) is 40.1 Å². The number of hydrogen-bond acceptors (Lipinski definition) is 3. The van der Waals surface area contributed by atoms with E-state index in [4.69, 9.17) is 8.85 Å². The van der Waals surface area contributed by atoms with Crippen molar-refractivity contribution in [2.75, 3.05) is 0 Å². The van der Waals surface area contributed by atoms with Crippen LogP contribution in [0.1, 0.15) is 113 Å². The molecular formula is C39H68O3Si2. The van der Waals surface area contributed by atoms with E-state index in [-0.39, 0.29) is 28.4 Å². The summed E-state index contributed by atoms with van der Waals surface area (Å²) in [6.07, 6.45) is 19.9. The van der Waals surface area contributed by atoms with E-state index < -0.39 is 16.6 Å². The van der Waals surface area contributed by atoms with E-state index in [1.54, 1.807) is 5.57 Å². The van der Waals surface area contributed by atoms with Crippen molar-refractivity contribution < 1.29 is 14.0 Å². The van der Waals surface area contributed by atoms with Crippen LogP contribution >= 0.6 is 0 Å². The van der Waals surface area contributed by atoms with Crippen LogP contribution in [0.4, 0.5) is 0 Å². The Kier molecular flexibility index (Phi) is 10.7. The van der Waals surface area contributed by atoms with Gasteiger partial charge in [-0.3, -0.25) is 0 Å². The van der Waals surface area contributed by atoms with Gasteiger partial charge in [-0.15, -0.1) is 0 Å². The maximum atomic E-state index is 10.5. The van der Waals surface area contributed by atoms with Crippen molar-refractivity contribution in [2.24, 2.45) is 29.1 Å². The number of aliphatic hydroxyl groups excluding tert-OH is 1. The lowest BCUT2D eigenvalue weighted by molar-refractivity contribution is 0.0969. The molecule has 250 valence electrons. The van der Waals surface area contributed by atoms with Crippen molar-refractivity contribution in [3.05, 3.63) is 47.6 Å². The van der Waals surface area contributed by atoms with Gasteiger partial charge < -0.3 is 14.0 Å². The monoisotopic (exact) mass is 640 g/mol. The number of hydrogen-bond donors (Lipinski definition) is 1. The van der Waals surface area contributed by atoms with Crippen LogP contribution in [0, 0.1) is 29.1 Å². The van der Waals surface area contributed by atoms with Crippen LogP contribution in [0.25, 0.3) is 0 Å². The highest BCUT2D eigenvalue weighted by Gasteiger charge is 2.50. The van der Waals surface area contributed by atoms with Gasteiger partial charge in [-0.05, 0) is 128 Å². The topological polar surface area (TPSA) is 38.7 Å². The number of fused-ring (bicyclic) bond motifs is 1. The Hall–Kier alpha value is -0.726. The Balaban J connectivity index is 1.57. The SMILES string of the molecule is C=C1/C(=C/C=C2\CCC[C@@]3(C)[C@@H]2CC[C@@H]3[C@H](C)/C=C\[C@H](O)C2CC2)C[C@@H](O[Si](C)(C)C(C)(C)C)C[C@@H]1O[Si](C)(C)C(C)(C)C. The minimum atomic E-state index is -1.98. The van der Waals surface area contributed by atoms with Crippen molar-refractivity contribution in [1.82, 2.24) is 0 Å². The molecule has 0 bridgehead atoms. The van der Waals surface area contributed by atoms with Crippen molar-refractivity contribution in [3.8, 4) is 0 Å². The number of aliphatic hydroxyl groups is 1. The fraction of sp³-hybridized carbons (Fsp3) is 0.795. The van der Waals surface area contributed by atoms with Gasteiger partial charge in [-0.1, -0.05) is 91.8 Å². The smallest absolute Gasteiger partial charge is 0.192 e. The molecule has 0 heterocycles. The van der Waals surface area contributed by atoms with Crippen molar-refractivity contribution >= 4 is 16.6 Å². The minimum absolute atomic E-state index is 0.0233. The van der Waals surface area contributed by atoms with Crippen LogP contribution < -0.4 is 0 Å².